The van der Waals surface area contributed by atoms with Gasteiger partial charge >= 0.3 is 0 Å². The minimum atomic E-state index is -0.208. The first-order valence-corrected chi connectivity index (χ1v) is 9.30. The highest BCUT2D eigenvalue weighted by atomic mass is 127. The summed E-state index contributed by atoms with van der Waals surface area (Å²) in [7, 11) is 3.68. The van der Waals surface area contributed by atoms with Crippen molar-refractivity contribution in [3.05, 3.63) is 29.6 Å². The van der Waals surface area contributed by atoms with Crippen LogP contribution in [0.4, 0.5) is 10.1 Å². The largest absolute Gasteiger partial charge is 0.375 e. The summed E-state index contributed by atoms with van der Waals surface area (Å²) in [6.45, 7) is 7.64. The number of rotatable bonds is 7. The molecular weight excluding hydrogens is 444 g/mol. The van der Waals surface area contributed by atoms with Crippen LogP contribution in [0.25, 0.3) is 0 Å². The number of piperidine rings is 1. The molecule has 0 saturated carbocycles. The standard InChI is InChI=1S/C19H32FN5.HI/c1-4-21-19(22-10-13-25-11-6-5-7-12-25)23-15-16-8-9-18(24(2)3)17(20)14-16;/h8-9,14H,4-7,10-13,15H2,1-3H3,(H2,21,22,23);1H. The summed E-state index contributed by atoms with van der Waals surface area (Å²) in [6.07, 6.45) is 3.97. The molecule has 148 valence electrons. The number of likely N-dealkylation sites (tertiary alicyclic amines) is 1. The number of nitrogens with one attached hydrogen (secondary N) is 2. The predicted molar refractivity (Wildman–Crippen MR) is 119 cm³/mol. The summed E-state index contributed by atoms with van der Waals surface area (Å²) in [6, 6.07) is 5.30. The third-order valence-electron chi connectivity index (χ3n) is 4.43. The number of hydrogen-bond donors (Lipinski definition) is 2. The zero-order valence-electron chi connectivity index (χ0n) is 16.2. The lowest BCUT2D eigenvalue weighted by molar-refractivity contribution is 0.232. The van der Waals surface area contributed by atoms with E-state index in [1.807, 2.05) is 27.1 Å². The average molecular weight is 477 g/mol. The zero-order valence-corrected chi connectivity index (χ0v) is 18.6. The molecule has 2 rings (SSSR count). The number of anilines is 1. The van der Waals surface area contributed by atoms with E-state index in [1.165, 1.54) is 32.4 Å². The van der Waals surface area contributed by atoms with Gasteiger partial charge in [-0.3, -0.25) is 0 Å². The van der Waals surface area contributed by atoms with E-state index < -0.39 is 0 Å². The molecule has 1 aromatic rings. The Labute approximate surface area is 174 Å². The number of halogens is 2. The third kappa shape index (κ3) is 7.65. The summed E-state index contributed by atoms with van der Waals surface area (Å²) >= 11 is 0. The lowest BCUT2D eigenvalue weighted by Gasteiger charge is -2.26. The van der Waals surface area contributed by atoms with Gasteiger partial charge in [0, 0.05) is 33.7 Å². The molecule has 1 heterocycles. The summed E-state index contributed by atoms with van der Waals surface area (Å²) in [5, 5.41) is 6.63. The molecule has 5 nitrogen and oxygen atoms in total. The van der Waals surface area contributed by atoms with Crippen molar-refractivity contribution < 1.29 is 4.39 Å². The highest BCUT2D eigenvalue weighted by Crippen LogP contribution is 2.18. The fourth-order valence-electron chi connectivity index (χ4n) is 3.04. The van der Waals surface area contributed by atoms with Crippen LogP contribution in [0.15, 0.2) is 23.2 Å². The van der Waals surface area contributed by atoms with Crippen LogP contribution in [0.5, 0.6) is 0 Å². The molecule has 0 aliphatic carbocycles. The summed E-state index contributed by atoms with van der Waals surface area (Å²) in [5.41, 5.74) is 1.47. The molecule has 1 saturated heterocycles. The first-order valence-electron chi connectivity index (χ1n) is 9.30. The van der Waals surface area contributed by atoms with Crippen LogP contribution in [0.2, 0.25) is 0 Å². The second-order valence-corrected chi connectivity index (χ2v) is 6.70. The molecule has 0 spiro atoms. The van der Waals surface area contributed by atoms with Gasteiger partial charge in [0.25, 0.3) is 0 Å². The Kier molecular flexibility index (Phi) is 10.9. The van der Waals surface area contributed by atoms with Crippen molar-refractivity contribution in [3.8, 4) is 0 Å². The first-order chi connectivity index (χ1) is 12.1. The van der Waals surface area contributed by atoms with Crippen molar-refractivity contribution in [2.24, 2.45) is 4.99 Å². The molecule has 0 atom stereocenters. The smallest absolute Gasteiger partial charge is 0.191 e. The number of aliphatic imine (C=N–C) groups is 1. The molecule has 1 aliphatic heterocycles. The average Bonchev–Trinajstić information content (AvgIpc) is 2.60. The maximum absolute atomic E-state index is 14.1. The van der Waals surface area contributed by atoms with Crippen molar-refractivity contribution in [2.45, 2.75) is 32.7 Å². The quantitative estimate of drug-likeness (QED) is 0.360. The van der Waals surface area contributed by atoms with Gasteiger partial charge in [0.2, 0.25) is 0 Å². The van der Waals surface area contributed by atoms with E-state index in [-0.39, 0.29) is 29.8 Å². The fraction of sp³-hybridized carbons (Fsp3) is 0.632. The molecule has 1 fully saturated rings. The molecule has 1 aliphatic rings. The van der Waals surface area contributed by atoms with Gasteiger partial charge in [-0.1, -0.05) is 12.5 Å². The van der Waals surface area contributed by atoms with Crippen molar-refractivity contribution in [1.29, 1.82) is 0 Å². The van der Waals surface area contributed by atoms with E-state index in [9.17, 15) is 4.39 Å². The maximum atomic E-state index is 14.1. The molecule has 1 aromatic carbocycles. The SMILES string of the molecule is CCNC(=NCc1ccc(N(C)C)c(F)c1)NCCN1CCCCC1.I. The number of benzene rings is 1. The second-order valence-electron chi connectivity index (χ2n) is 6.70. The summed E-state index contributed by atoms with van der Waals surface area (Å²) in [5.74, 6) is 0.581. The van der Waals surface area contributed by atoms with Crippen LogP contribution < -0.4 is 15.5 Å². The third-order valence-corrected chi connectivity index (χ3v) is 4.43. The first kappa shape index (κ1) is 23.0. The Hall–Kier alpha value is -1.09. The van der Waals surface area contributed by atoms with Crippen LogP contribution in [0, 0.1) is 5.82 Å². The van der Waals surface area contributed by atoms with Gasteiger partial charge in [-0.25, -0.2) is 9.38 Å². The Morgan fingerprint density at radius 2 is 1.92 bits per heavy atom. The predicted octanol–water partition coefficient (Wildman–Crippen LogP) is 3.05. The van der Waals surface area contributed by atoms with Crippen LogP contribution in [-0.2, 0) is 6.54 Å². The Balaban J connectivity index is 0.00000338. The number of guanidine groups is 1. The maximum Gasteiger partial charge on any atom is 0.191 e. The molecular formula is C19H33FIN5. The number of nitrogens with zero attached hydrogens (tertiary/aromatic N) is 3. The van der Waals surface area contributed by atoms with E-state index in [0.29, 0.717) is 12.2 Å². The molecule has 0 unspecified atom stereocenters. The normalized spacial score (nSPS) is 15.3. The highest BCUT2D eigenvalue weighted by Gasteiger charge is 2.09. The van der Waals surface area contributed by atoms with Crippen LogP contribution in [0.3, 0.4) is 0 Å². The van der Waals surface area contributed by atoms with Crippen LogP contribution in [-0.4, -0.2) is 57.7 Å². The Bertz CT molecular complexity index is 559. The highest BCUT2D eigenvalue weighted by molar-refractivity contribution is 14.0. The van der Waals surface area contributed by atoms with Crippen LogP contribution in [0.1, 0.15) is 31.7 Å². The molecule has 26 heavy (non-hydrogen) atoms. The fourth-order valence-corrected chi connectivity index (χ4v) is 3.04. The molecule has 7 heteroatoms. The molecule has 0 radical (unpaired) electrons. The Morgan fingerprint density at radius 3 is 2.54 bits per heavy atom. The molecule has 2 N–H and O–H groups in total. The molecule has 0 amide bonds. The summed E-state index contributed by atoms with van der Waals surface area (Å²) < 4.78 is 14.1. The van der Waals surface area contributed by atoms with E-state index in [0.717, 1.165) is 31.2 Å². The Morgan fingerprint density at radius 1 is 1.19 bits per heavy atom. The zero-order chi connectivity index (χ0) is 18.1. The van der Waals surface area contributed by atoms with E-state index in [1.54, 1.807) is 17.0 Å². The van der Waals surface area contributed by atoms with E-state index in [2.05, 4.69) is 20.5 Å². The number of hydrogen-bond acceptors (Lipinski definition) is 3. The van der Waals surface area contributed by atoms with Crippen molar-refractivity contribution in [1.82, 2.24) is 15.5 Å². The van der Waals surface area contributed by atoms with Crippen molar-refractivity contribution in [3.63, 3.8) is 0 Å². The van der Waals surface area contributed by atoms with Crippen molar-refractivity contribution >= 4 is 35.6 Å². The summed E-state index contributed by atoms with van der Waals surface area (Å²) in [4.78, 5) is 8.85. The van der Waals surface area contributed by atoms with E-state index >= 15 is 0 Å². The van der Waals surface area contributed by atoms with Crippen molar-refractivity contribution in [2.75, 3.05) is 51.7 Å². The van der Waals surface area contributed by atoms with Gasteiger partial charge in [0.1, 0.15) is 5.82 Å². The monoisotopic (exact) mass is 477 g/mol. The topological polar surface area (TPSA) is 42.9 Å². The van der Waals surface area contributed by atoms with Gasteiger partial charge in [-0.2, -0.15) is 0 Å². The minimum Gasteiger partial charge on any atom is -0.375 e. The lowest BCUT2D eigenvalue weighted by Crippen LogP contribution is -2.42. The van der Waals surface area contributed by atoms with Gasteiger partial charge in [-0.05, 0) is 50.6 Å². The lowest BCUT2D eigenvalue weighted by atomic mass is 10.1. The van der Waals surface area contributed by atoms with E-state index in [4.69, 9.17) is 0 Å². The minimum absolute atomic E-state index is 0. The van der Waals surface area contributed by atoms with Gasteiger partial charge in [0.15, 0.2) is 5.96 Å². The van der Waals surface area contributed by atoms with Crippen LogP contribution >= 0.6 is 24.0 Å². The molecule has 0 bridgehead atoms. The molecule has 0 aromatic heterocycles. The second kappa shape index (κ2) is 12.3. The van der Waals surface area contributed by atoms with Gasteiger partial charge < -0.3 is 20.4 Å². The van der Waals surface area contributed by atoms with Gasteiger partial charge in [0.05, 0.1) is 12.2 Å². The van der Waals surface area contributed by atoms with Gasteiger partial charge in [-0.15, -0.1) is 24.0 Å².